The third-order valence-electron chi connectivity index (χ3n) is 7.40. The van der Waals surface area contributed by atoms with E-state index in [0.29, 0.717) is 5.88 Å². The highest BCUT2D eigenvalue weighted by Crippen LogP contribution is 2.54. The lowest BCUT2D eigenvalue weighted by Gasteiger charge is -2.33. The average molecular weight is 439 g/mol. The van der Waals surface area contributed by atoms with Crippen molar-refractivity contribution < 1.29 is 0 Å². The van der Waals surface area contributed by atoms with Crippen LogP contribution in [0.3, 0.4) is 0 Å². The van der Waals surface area contributed by atoms with Gasteiger partial charge in [0.05, 0.1) is 0 Å². The van der Waals surface area contributed by atoms with Gasteiger partial charge in [0.2, 0.25) is 0 Å². The van der Waals surface area contributed by atoms with Crippen molar-refractivity contribution in [3.8, 4) is 11.1 Å². The minimum absolute atomic E-state index is 0.184. The van der Waals surface area contributed by atoms with Crippen LogP contribution in [0.2, 0.25) is 0 Å². The smallest absolute Gasteiger partial charge is 0.0474 e. The summed E-state index contributed by atoms with van der Waals surface area (Å²) in [4.78, 5) is 0. The Hall–Kier alpha value is -1.27. The maximum atomic E-state index is 6.28. The molecule has 3 rings (SSSR count). The number of benzene rings is 2. The van der Waals surface area contributed by atoms with Gasteiger partial charge in [0.15, 0.2) is 0 Å². The van der Waals surface area contributed by atoms with Crippen molar-refractivity contribution in [3.05, 3.63) is 59.2 Å². The summed E-state index contributed by atoms with van der Waals surface area (Å²) in [6.45, 7) is 4.60. The summed E-state index contributed by atoms with van der Waals surface area (Å²) in [6, 6.07) is 16.2. The van der Waals surface area contributed by atoms with E-state index in [4.69, 9.17) is 11.6 Å². The second-order valence-electron chi connectivity index (χ2n) is 9.68. The maximum Gasteiger partial charge on any atom is 0.0474 e. The van der Waals surface area contributed by atoms with E-state index < -0.39 is 0 Å². The van der Waals surface area contributed by atoms with E-state index in [0.717, 1.165) is 0 Å². The monoisotopic (exact) mass is 438 g/mol. The Morgan fingerprint density at radius 1 is 0.613 bits per heavy atom. The summed E-state index contributed by atoms with van der Waals surface area (Å²) in [5, 5.41) is 0. The van der Waals surface area contributed by atoms with E-state index >= 15 is 0 Å². The zero-order valence-corrected chi connectivity index (χ0v) is 20.8. The zero-order valence-electron chi connectivity index (χ0n) is 20.0. The topological polar surface area (TPSA) is 0 Å². The molecule has 0 fully saturated rings. The molecule has 0 amide bonds. The van der Waals surface area contributed by atoms with E-state index in [1.165, 1.54) is 107 Å². The number of fused-ring (bicyclic) bond motifs is 3. The largest absolute Gasteiger partial charge is 0.122 e. The molecule has 1 heteroatoms. The molecule has 2 aromatic carbocycles. The minimum atomic E-state index is 0.184. The van der Waals surface area contributed by atoms with Crippen molar-refractivity contribution in [3.63, 3.8) is 0 Å². The maximum absolute atomic E-state index is 6.28. The first-order valence-corrected chi connectivity index (χ1v) is 13.6. The number of halogens is 1. The molecule has 0 heterocycles. The van der Waals surface area contributed by atoms with E-state index in [-0.39, 0.29) is 5.41 Å². The average Bonchev–Trinajstić information content (AvgIpc) is 3.08. The van der Waals surface area contributed by atoms with E-state index in [1.807, 2.05) is 0 Å². The number of alkyl halides is 1. The molecule has 2 aromatic rings. The fourth-order valence-corrected chi connectivity index (χ4v) is 5.83. The van der Waals surface area contributed by atoms with Crippen molar-refractivity contribution in [1.82, 2.24) is 0 Å². The van der Waals surface area contributed by atoms with Crippen molar-refractivity contribution in [2.75, 3.05) is 0 Å². The standard InChI is InChI=1S/C30H43Cl/c1-3-5-7-9-11-15-21-30(22-16-12-10-8-6-4-2)28-18-14-13-17-26(28)27-20-19-25(24-31)23-29(27)30/h13-14,17-20,23H,3-12,15-16,21-22,24H2,1-2H3. The van der Waals surface area contributed by atoms with Gasteiger partial charge in [-0.15, -0.1) is 11.6 Å². The van der Waals surface area contributed by atoms with Crippen LogP contribution in [0.4, 0.5) is 0 Å². The normalized spacial score (nSPS) is 13.9. The van der Waals surface area contributed by atoms with Crippen LogP contribution < -0.4 is 0 Å². The summed E-state index contributed by atoms with van der Waals surface area (Å²) in [5.41, 5.74) is 7.53. The molecule has 0 saturated carbocycles. The first-order chi connectivity index (χ1) is 15.3. The fraction of sp³-hybridized carbons (Fsp3) is 0.600. The molecule has 0 unspecified atom stereocenters. The molecule has 0 nitrogen and oxygen atoms in total. The zero-order chi connectivity index (χ0) is 21.9. The van der Waals surface area contributed by atoms with Crippen molar-refractivity contribution in [1.29, 1.82) is 0 Å². The van der Waals surface area contributed by atoms with Gasteiger partial charge < -0.3 is 0 Å². The molecular formula is C30H43Cl. The first kappa shape index (κ1) is 24.4. The molecule has 0 atom stereocenters. The van der Waals surface area contributed by atoms with Crippen LogP contribution in [-0.4, -0.2) is 0 Å². The summed E-state index contributed by atoms with van der Waals surface area (Å²) < 4.78 is 0. The second-order valence-corrected chi connectivity index (χ2v) is 9.94. The van der Waals surface area contributed by atoms with Crippen LogP contribution in [0.25, 0.3) is 11.1 Å². The molecule has 1 aliphatic carbocycles. The van der Waals surface area contributed by atoms with Crippen molar-refractivity contribution in [2.45, 2.75) is 115 Å². The first-order valence-electron chi connectivity index (χ1n) is 13.1. The molecule has 1 aliphatic rings. The number of hydrogen-bond acceptors (Lipinski definition) is 0. The Labute approximate surface area is 196 Å². The summed E-state index contributed by atoms with van der Waals surface area (Å²) in [6.07, 6.45) is 18.9. The van der Waals surface area contributed by atoms with Crippen LogP contribution in [0.5, 0.6) is 0 Å². The highest BCUT2D eigenvalue weighted by molar-refractivity contribution is 6.17. The van der Waals surface area contributed by atoms with Gasteiger partial charge in [0, 0.05) is 11.3 Å². The highest BCUT2D eigenvalue weighted by atomic mass is 35.5. The highest BCUT2D eigenvalue weighted by Gasteiger charge is 2.42. The fourth-order valence-electron chi connectivity index (χ4n) is 5.66. The molecule has 0 aliphatic heterocycles. The SMILES string of the molecule is CCCCCCCCC1(CCCCCCCC)c2ccccc2-c2ccc(CCl)cc21. The van der Waals surface area contributed by atoms with E-state index in [9.17, 15) is 0 Å². The third kappa shape index (κ3) is 5.95. The summed E-state index contributed by atoms with van der Waals surface area (Å²) in [5.74, 6) is 0.605. The Kier molecular flexibility index (Phi) is 9.97. The van der Waals surface area contributed by atoms with Gasteiger partial charge in [0.1, 0.15) is 0 Å². The molecule has 0 spiro atoms. The number of unbranched alkanes of at least 4 members (excludes halogenated alkanes) is 10. The lowest BCUT2D eigenvalue weighted by atomic mass is 9.70. The van der Waals surface area contributed by atoms with Crippen molar-refractivity contribution in [2.24, 2.45) is 0 Å². The van der Waals surface area contributed by atoms with Crippen LogP contribution in [-0.2, 0) is 11.3 Å². The lowest BCUT2D eigenvalue weighted by Crippen LogP contribution is -2.25. The van der Waals surface area contributed by atoms with Gasteiger partial charge in [-0.25, -0.2) is 0 Å². The van der Waals surface area contributed by atoms with Gasteiger partial charge in [-0.3, -0.25) is 0 Å². The van der Waals surface area contributed by atoms with Gasteiger partial charge in [-0.1, -0.05) is 133 Å². The van der Waals surface area contributed by atoms with Gasteiger partial charge in [-0.2, -0.15) is 0 Å². The predicted molar refractivity (Wildman–Crippen MR) is 138 cm³/mol. The summed E-state index contributed by atoms with van der Waals surface area (Å²) >= 11 is 6.28. The Morgan fingerprint density at radius 3 is 1.77 bits per heavy atom. The van der Waals surface area contributed by atoms with Gasteiger partial charge >= 0.3 is 0 Å². The van der Waals surface area contributed by atoms with Crippen LogP contribution in [0, 0.1) is 0 Å². The molecule has 0 N–H and O–H groups in total. The predicted octanol–water partition coefficient (Wildman–Crippen LogP) is 10.2. The Morgan fingerprint density at radius 2 is 1.16 bits per heavy atom. The molecule has 31 heavy (non-hydrogen) atoms. The number of hydrogen-bond donors (Lipinski definition) is 0. The van der Waals surface area contributed by atoms with Crippen LogP contribution >= 0.6 is 11.6 Å². The number of rotatable bonds is 15. The minimum Gasteiger partial charge on any atom is -0.122 e. The molecule has 170 valence electrons. The van der Waals surface area contributed by atoms with Crippen LogP contribution in [0.1, 0.15) is 120 Å². The van der Waals surface area contributed by atoms with E-state index in [2.05, 4.69) is 56.3 Å². The molecule has 0 radical (unpaired) electrons. The molecule has 0 saturated heterocycles. The van der Waals surface area contributed by atoms with Gasteiger partial charge in [-0.05, 0) is 40.7 Å². The third-order valence-corrected chi connectivity index (χ3v) is 7.71. The second kappa shape index (κ2) is 12.7. The quantitative estimate of drug-likeness (QED) is 0.191. The Balaban J connectivity index is 1.83. The molecular weight excluding hydrogens is 396 g/mol. The van der Waals surface area contributed by atoms with E-state index in [1.54, 1.807) is 11.1 Å². The lowest BCUT2D eigenvalue weighted by molar-refractivity contribution is 0.397. The van der Waals surface area contributed by atoms with Crippen molar-refractivity contribution >= 4 is 11.6 Å². The Bertz CT molecular complexity index is 775. The van der Waals surface area contributed by atoms with Gasteiger partial charge in [0.25, 0.3) is 0 Å². The molecule has 0 bridgehead atoms. The molecule has 0 aromatic heterocycles. The summed E-state index contributed by atoms with van der Waals surface area (Å²) in [7, 11) is 0. The van der Waals surface area contributed by atoms with Crippen LogP contribution in [0.15, 0.2) is 42.5 Å².